The molecule has 1 aliphatic heterocycles. The Balaban J connectivity index is 1.92. The standard InChI is InChI=1S/C17H18N2O4S/c1-12-15-6-4-3-5-13(15)9-10-19(12)24(21,22)14-7-8-16(18-11-14)17(20)23-2/h3-8,11-12H,9-10H2,1-2H3/t12-/m1/s1. The van der Waals surface area contributed by atoms with Crippen molar-refractivity contribution in [3.8, 4) is 0 Å². The van der Waals surface area contributed by atoms with Gasteiger partial charge >= 0.3 is 5.97 Å². The highest BCUT2D eigenvalue weighted by molar-refractivity contribution is 7.89. The minimum atomic E-state index is -3.68. The number of rotatable bonds is 3. The number of ether oxygens (including phenoxy) is 1. The molecule has 126 valence electrons. The van der Waals surface area contributed by atoms with Crippen molar-refractivity contribution < 1.29 is 17.9 Å². The molecule has 1 aliphatic rings. The highest BCUT2D eigenvalue weighted by Crippen LogP contribution is 2.33. The van der Waals surface area contributed by atoms with Crippen LogP contribution in [0.15, 0.2) is 47.5 Å². The molecule has 6 nitrogen and oxygen atoms in total. The molecule has 0 amide bonds. The third kappa shape index (κ3) is 2.81. The molecular weight excluding hydrogens is 328 g/mol. The fourth-order valence-electron chi connectivity index (χ4n) is 2.97. The summed E-state index contributed by atoms with van der Waals surface area (Å²) in [6, 6.07) is 10.4. The van der Waals surface area contributed by atoms with Crippen LogP contribution in [0.5, 0.6) is 0 Å². The van der Waals surface area contributed by atoms with Gasteiger partial charge in [-0.1, -0.05) is 24.3 Å². The van der Waals surface area contributed by atoms with Crippen LogP contribution < -0.4 is 0 Å². The van der Waals surface area contributed by atoms with Crippen LogP contribution in [-0.2, 0) is 21.2 Å². The van der Waals surface area contributed by atoms with Gasteiger partial charge in [-0.25, -0.2) is 18.2 Å². The molecule has 1 atom stereocenters. The zero-order valence-electron chi connectivity index (χ0n) is 13.5. The first kappa shape index (κ1) is 16.6. The number of hydrogen-bond donors (Lipinski definition) is 0. The molecule has 7 heteroatoms. The highest BCUT2D eigenvalue weighted by Gasteiger charge is 2.33. The van der Waals surface area contributed by atoms with Crippen molar-refractivity contribution in [2.75, 3.05) is 13.7 Å². The molecule has 0 fully saturated rings. The fourth-order valence-corrected chi connectivity index (χ4v) is 4.53. The van der Waals surface area contributed by atoms with E-state index in [0.29, 0.717) is 13.0 Å². The second-order valence-corrected chi connectivity index (χ2v) is 7.50. The summed E-state index contributed by atoms with van der Waals surface area (Å²) in [4.78, 5) is 15.4. The van der Waals surface area contributed by atoms with E-state index in [0.717, 1.165) is 5.56 Å². The molecule has 0 radical (unpaired) electrons. The number of benzene rings is 1. The molecule has 0 N–H and O–H groups in total. The van der Waals surface area contributed by atoms with E-state index in [-0.39, 0.29) is 16.6 Å². The third-order valence-corrected chi connectivity index (χ3v) is 6.23. The van der Waals surface area contributed by atoms with E-state index < -0.39 is 16.0 Å². The second-order valence-electron chi connectivity index (χ2n) is 5.61. The number of sulfonamides is 1. The highest BCUT2D eigenvalue weighted by atomic mass is 32.2. The first-order valence-electron chi connectivity index (χ1n) is 7.59. The van der Waals surface area contributed by atoms with Gasteiger partial charge in [0.25, 0.3) is 0 Å². The van der Waals surface area contributed by atoms with E-state index >= 15 is 0 Å². The second kappa shape index (κ2) is 6.33. The van der Waals surface area contributed by atoms with Crippen molar-refractivity contribution in [3.05, 3.63) is 59.4 Å². The Morgan fingerprint density at radius 1 is 1.25 bits per heavy atom. The average molecular weight is 346 g/mol. The minimum Gasteiger partial charge on any atom is -0.464 e. The summed E-state index contributed by atoms with van der Waals surface area (Å²) in [6.45, 7) is 2.30. The Labute approximate surface area is 141 Å². The quantitative estimate of drug-likeness (QED) is 0.796. The number of carbonyl (C=O) groups is 1. The van der Waals surface area contributed by atoms with Gasteiger partial charge in [-0.05, 0) is 36.6 Å². The van der Waals surface area contributed by atoms with E-state index in [2.05, 4.69) is 9.72 Å². The summed E-state index contributed by atoms with van der Waals surface area (Å²) in [6.07, 6.45) is 1.88. The van der Waals surface area contributed by atoms with Crippen molar-refractivity contribution in [3.63, 3.8) is 0 Å². The van der Waals surface area contributed by atoms with Crippen LogP contribution in [0.25, 0.3) is 0 Å². The van der Waals surface area contributed by atoms with E-state index in [4.69, 9.17) is 0 Å². The lowest BCUT2D eigenvalue weighted by Gasteiger charge is -2.34. The summed E-state index contributed by atoms with van der Waals surface area (Å²) < 4.78 is 31.9. The van der Waals surface area contributed by atoms with E-state index in [1.54, 1.807) is 0 Å². The average Bonchev–Trinajstić information content (AvgIpc) is 2.61. The van der Waals surface area contributed by atoms with Crippen molar-refractivity contribution in [2.45, 2.75) is 24.3 Å². The molecule has 0 saturated carbocycles. The molecular formula is C17H18N2O4S. The van der Waals surface area contributed by atoms with Crippen LogP contribution in [0.2, 0.25) is 0 Å². The summed E-state index contributed by atoms with van der Waals surface area (Å²) in [5.41, 5.74) is 2.27. The number of hydrogen-bond acceptors (Lipinski definition) is 5. The van der Waals surface area contributed by atoms with Crippen LogP contribution in [-0.4, -0.2) is 37.3 Å². The molecule has 1 aromatic carbocycles. The summed E-state index contributed by atoms with van der Waals surface area (Å²) in [5.74, 6) is -0.598. The van der Waals surface area contributed by atoms with Gasteiger partial charge in [0.1, 0.15) is 10.6 Å². The Hall–Kier alpha value is -2.25. The lowest BCUT2D eigenvalue weighted by atomic mass is 9.96. The number of pyridine rings is 1. The van der Waals surface area contributed by atoms with Crippen LogP contribution in [0.1, 0.15) is 34.6 Å². The van der Waals surface area contributed by atoms with Gasteiger partial charge in [0, 0.05) is 18.8 Å². The number of fused-ring (bicyclic) bond motifs is 1. The predicted molar refractivity (Wildman–Crippen MR) is 88.0 cm³/mol. The van der Waals surface area contributed by atoms with Crippen molar-refractivity contribution >= 4 is 16.0 Å². The van der Waals surface area contributed by atoms with Crippen molar-refractivity contribution in [1.29, 1.82) is 0 Å². The molecule has 0 unspecified atom stereocenters. The molecule has 2 heterocycles. The monoisotopic (exact) mass is 346 g/mol. The first-order valence-corrected chi connectivity index (χ1v) is 9.03. The number of carbonyl (C=O) groups excluding carboxylic acids is 1. The van der Waals surface area contributed by atoms with Gasteiger partial charge in [-0.2, -0.15) is 4.31 Å². The molecule has 0 aliphatic carbocycles. The number of esters is 1. The maximum Gasteiger partial charge on any atom is 0.356 e. The van der Waals surface area contributed by atoms with Gasteiger partial charge < -0.3 is 4.74 Å². The van der Waals surface area contributed by atoms with E-state index in [1.807, 2.05) is 31.2 Å². The normalized spacial score (nSPS) is 18.0. The summed E-state index contributed by atoms with van der Waals surface area (Å²) >= 11 is 0. The van der Waals surface area contributed by atoms with Crippen LogP contribution in [0.4, 0.5) is 0 Å². The Morgan fingerprint density at radius 3 is 2.67 bits per heavy atom. The number of nitrogens with zero attached hydrogens (tertiary/aromatic N) is 2. The largest absolute Gasteiger partial charge is 0.464 e. The molecule has 2 aromatic rings. The van der Waals surface area contributed by atoms with Gasteiger partial charge in [-0.15, -0.1) is 0 Å². The predicted octanol–water partition coefficient (Wildman–Crippen LogP) is 2.18. The SMILES string of the molecule is COC(=O)c1ccc(S(=O)(=O)N2CCc3ccccc3[C@H]2C)cn1. The Bertz CT molecular complexity index is 862. The zero-order chi connectivity index (χ0) is 17.3. The maximum absolute atomic E-state index is 12.9. The van der Waals surface area contributed by atoms with Gasteiger partial charge in [0.15, 0.2) is 0 Å². The number of methoxy groups -OCH3 is 1. The molecule has 0 bridgehead atoms. The van der Waals surface area contributed by atoms with Gasteiger partial charge in [0.2, 0.25) is 10.0 Å². The van der Waals surface area contributed by atoms with E-state index in [9.17, 15) is 13.2 Å². The Morgan fingerprint density at radius 2 is 2.00 bits per heavy atom. The van der Waals surface area contributed by atoms with Crippen LogP contribution in [0, 0.1) is 0 Å². The minimum absolute atomic E-state index is 0.0707. The first-order chi connectivity index (χ1) is 11.4. The van der Waals surface area contributed by atoms with Gasteiger partial charge in [-0.3, -0.25) is 0 Å². The van der Waals surface area contributed by atoms with Crippen LogP contribution in [0.3, 0.4) is 0 Å². The van der Waals surface area contributed by atoms with Crippen molar-refractivity contribution in [1.82, 2.24) is 9.29 Å². The van der Waals surface area contributed by atoms with Gasteiger partial charge in [0.05, 0.1) is 7.11 Å². The molecule has 0 saturated heterocycles. The zero-order valence-corrected chi connectivity index (χ0v) is 14.3. The summed E-state index contributed by atoms with van der Waals surface area (Å²) in [5, 5.41) is 0. The summed E-state index contributed by atoms with van der Waals surface area (Å²) in [7, 11) is -2.43. The third-order valence-electron chi connectivity index (χ3n) is 4.28. The Kier molecular flexibility index (Phi) is 4.38. The molecule has 3 rings (SSSR count). The smallest absolute Gasteiger partial charge is 0.356 e. The maximum atomic E-state index is 12.9. The van der Waals surface area contributed by atoms with Crippen LogP contribution >= 0.6 is 0 Å². The topological polar surface area (TPSA) is 76.6 Å². The molecule has 1 aromatic heterocycles. The van der Waals surface area contributed by atoms with E-state index in [1.165, 1.54) is 35.3 Å². The number of aromatic nitrogens is 1. The lowest BCUT2D eigenvalue weighted by molar-refractivity contribution is 0.0594. The lowest BCUT2D eigenvalue weighted by Crippen LogP contribution is -2.38. The molecule has 0 spiro atoms. The molecule has 24 heavy (non-hydrogen) atoms. The fraction of sp³-hybridized carbons (Fsp3) is 0.294. The van der Waals surface area contributed by atoms with Crippen molar-refractivity contribution in [2.24, 2.45) is 0 Å².